The van der Waals surface area contributed by atoms with Gasteiger partial charge in [0.2, 0.25) is 0 Å². The van der Waals surface area contributed by atoms with E-state index < -0.39 is 0 Å². The van der Waals surface area contributed by atoms with Crippen LogP contribution in [0.25, 0.3) is 107 Å². The first-order valence-corrected chi connectivity index (χ1v) is 18.4. The first kappa shape index (κ1) is 28.5. The lowest BCUT2D eigenvalue weighted by Crippen LogP contribution is -1.91. The molecular formula is C50H30S. The molecular weight excluding hydrogens is 633 g/mol. The molecule has 0 radical (unpaired) electrons. The predicted molar refractivity (Wildman–Crippen MR) is 223 cm³/mol. The van der Waals surface area contributed by atoms with Crippen molar-refractivity contribution in [2.75, 3.05) is 0 Å². The molecule has 1 aromatic heterocycles. The van der Waals surface area contributed by atoms with Gasteiger partial charge in [-0.15, -0.1) is 11.3 Å². The summed E-state index contributed by atoms with van der Waals surface area (Å²) in [6, 6.07) is 67.4. The molecule has 0 bridgehead atoms. The standard InChI is InChI=1S/C50H30S/c1-2-13-31(14-3-1)47-40-21-8-10-23-42(40)48(43-24-11-9-22-41(43)47)36-18-12-17-32(27-36)35-25-26-38-37-19-6-7-20-39(37)49-45-29-33-15-4-5-16-34(33)30-46(45)51-50(49)44(38)28-35/h1-30H. The van der Waals surface area contributed by atoms with E-state index in [0.717, 1.165) is 0 Å². The van der Waals surface area contributed by atoms with Crippen LogP contribution in [-0.4, -0.2) is 0 Å². The lowest BCUT2D eigenvalue weighted by molar-refractivity contribution is 1.63. The van der Waals surface area contributed by atoms with Gasteiger partial charge in [0.1, 0.15) is 0 Å². The number of thiophene rings is 1. The van der Waals surface area contributed by atoms with E-state index in [1.807, 2.05) is 11.3 Å². The normalized spacial score (nSPS) is 11.9. The second-order valence-electron chi connectivity index (χ2n) is 13.6. The minimum Gasteiger partial charge on any atom is -0.134 e. The third-order valence-electron chi connectivity index (χ3n) is 10.8. The number of fused-ring (bicyclic) bond motifs is 11. The molecule has 0 N–H and O–H groups in total. The van der Waals surface area contributed by atoms with E-state index >= 15 is 0 Å². The highest BCUT2D eigenvalue weighted by molar-refractivity contribution is 7.27. The maximum absolute atomic E-state index is 2.44. The van der Waals surface area contributed by atoms with Gasteiger partial charge in [-0.25, -0.2) is 0 Å². The Labute approximate surface area is 299 Å². The summed E-state index contributed by atoms with van der Waals surface area (Å²) in [6.07, 6.45) is 0. The van der Waals surface area contributed by atoms with Crippen LogP contribution in [0.1, 0.15) is 0 Å². The van der Waals surface area contributed by atoms with Crippen molar-refractivity contribution in [3.63, 3.8) is 0 Å². The lowest BCUT2D eigenvalue weighted by Gasteiger charge is -2.18. The summed E-state index contributed by atoms with van der Waals surface area (Å²) in [5.74, 6) is 0. The zero-order valence-electron chi connectivity index (χ0n) is 27.7. The third kappa shape index (κ3) is 4.32. The molecule has 0 spiro atoms. The average Bonchev–Trinajstić information content (AvgIpc) is 3.58. The van der Waals surface area contributed by atoms with Crippen LogP contribution < -0.4 is 0 Å². The Hall–Kier alpha value is -6.28. The van der Waals surface area contributed by atoms with E-state index in [1.54, 1.807) is 0 Å². The van der Waals surface area contributed by atoms with E-state index in [0.29, 0.717) is 0 Å². The molecule has 0 saturated carbocycles. The van der Waals surface area contributed by atoms with Crippen LogP contribution >= 0.6 is 11.3 Å². The van der Waals surface area contributed by atoms with Gasteiger partial charge in [-0.05, 0) is 106 Å². The van der Waals surface area contributed by atoms with Gasteiger partial charge in [0, 0.05) is 25.6 Å². The Morgan fingerprint density at radius 2 is 0.784 bits per heavy atom. The summed E-state index contributed by atoms with van der Waals surface area (Å²) in [5.41, 5.74) is 7.52. The second-order valence-corrected chi connectivity index (χ2v) is 14.6. The van der Waals surface area contributed by atoms with E-state index in [1.165, 1.54) is 107 Å². The number of benzene rings is 10. The molecule has 0 aliphatic heterocycles. The Bertz CT molecular complexity index is 3130. The Balaban J connectivity index is 1.16. The number of rotatable bonds is 3. The fourth-order valence-corrected chi connectivity index (χ4v) is 9.81. The molecule has 0 fully saturated rings. The highest BCUT2D eigenvalue weighted by Crippen LogP contribution is 2.47. The van der Waals surface area contributed by atoms with Crippen molar-refractivity contribution >= 4 is 85.4 Å². The summed E-state index contributed by atoms with van der Waals surface area (Å²) in [7, 11) is 0. The van der Waals surface area contributed by atoms with Crippen LogP contribution in [0, 0.1) is 0 Å². The fourth-order valence-electron chi connectivity index (χ4n) is 8.53. The summed E-state index contributed by atoms with van der Waals surface area (Å²) in [4.78, 5) is 0. The van der Waals surface area contributed by atoms with Gasteiger partial charge in [0.25, 0.3) is 0 Å². The van der Waals surface area contributed by atoms with Crippen molar-refractivity contribution in [3.05, 3.63) is 182 Å². The fraction of sp³-hybridized carbons (Fsp3) is 0. The van der Waals surface area contributed by atoms with Crippen LogP contribution in [0.3, 0.4) is 0 Å². The molecule has 236 valence electrons. The van der Waals surface area contributed by atoms with Crippen molar-refractivity contribution in [3.8, 4) is 33.4 Å². The van der Waals surface area contributed by atoms with Gasteiger partial charge in [-0.3, -0.25) is 0 Å². The average molecular weight is 663 g/mol. The zero-order chi connectivity index (χ0) is 33.5. The summed E-state index contributed by atoms with van der Waals surface area (Å²) >= 11 is 1.93. The third-order valence-corrected chi connectivity index (χ3v) is 12.0. The quantitative estimate of drug-likeness (QED) is 0.130. The number of hydrogen-bond acceptors (Lipinski definition) is 1. The van der Waals surface area contributed by atoms with Gasteiger partial charge in [0.15, 0.2) is 0 Å². The minimum absolute atomic E-state index is 1.22. The molecule has 11 aromatic rings. The molecule has 11 rings (SSSR count). The summed E-state index contributed by atoms with van der Waals surface area (Å²) in [5, 5.41) is 15.7. The van der Waals surface area contributed by atoms with E-state index in [-0.39, 0.29) is 0 Å². The van der Waals surface area contributed by atoms with Gasteiger partial charge < -0.3 is 0 Å². The van der Waals surface area contributed by atoms with Crippen molar-refractivity contribution in [1.82, 2.24) is 0 Å². The smallest absolute Gasteiger partial charge is 0.0440 e. The number of hydrogen-bond donors (Lipinski definition) is 0. The lowest BCUT2D eigenvalue weighted by atomic mass is 9.85. The Morgan fingerprint density at radius 3 is 1.49 bits per heavy atom. The molecule has 0 amide bonds. The van der Waals surface area contributed by atoms with Crippen LogP contribution in [0.4, 0.5) is 0 Å². The molecule has 51 heavy (non-hydrogen) atoms. The van der Waals surface area contributed by atoms with Gasteiger partial charge >= 0.3 is 0 Å². The molecule has 0 nitrogen and oxygen atoms in total. The first-order chi connectivity index (χ1) is 25.3. The predicted octanol–water partition coefficient (Wildman–Crippen LogP) is 14.8. The SMILES string of the molecule is c1ccc(-c2c3ccccc3c(-c3cccc(-c4ccc5c6ccccc6c6c7cc8ccccc8cc7sc6c5c4)c3)c3ccccc23)cc1. The van der Waals surface area contributed by atoms with Crippen LogP contribution in [0.5, 0.6) is 0 Å². The van der Waals surface area contributed by atoms with Crippen LogP contribution in [-0.2, 0) is 0 Å². The van der Waals surface area contributed by atoms with Gasteiger partial charge in [-0.1, -0.05) is 158 Å². The van der Waals surface area contributed by atoms with Crippen molar-refractivity contribution < 1.29 is 0 Å². The summed E-state index contributed by atoms with van der Waals surface area (Å²) < 4.78 is 2.70. The molecule has 0 saturated heterocycles. The largest absolute Gasteiger partial charge is 0.134 e. The molecule has 0 atom stereocenters. The molecule has 0 aliphatic carbocycles. The van der Waals surface area contributed by atoms with Crippen molar-refractivity contribution in [2.45, 2.75) is 0 Å². The van der Waals surface area contributed by atoms with Crippen molar-refractivity contribution in [2.24, 2.45) is 0 Å². The molecule has 10 aromatic carbocycles. The van der Waals surface area contributed by atoms with Gasteiger partial charge in [0.05, 0.1) is 0 Å². The van der Waals surface area contributed by atoms with E-state index in [2.05, 4.69) is 182 Å². The first-order valence-electron chi connectivity index (χ1n) is 17.6. The van der Waals surface area contributed by atoms with Crippen molar-refractivity contribution in [1.29, 1.82) is 0 Å². The Morgan fingerprint density at radius 1 is 0.275 bits per heavy atom. The van der Waals surface area contributed by atoms with E-state index in [9.17, 15) is 0 Å². The molecule has 1 heterocycles. The maximum Gasteiger partial charge on any atom is 0.0440 e. The van der Waals surface area contributed by atoms with Crippen LogP contribution in [0.15, 0.2) is 182 Å². The van der Waals surface area contributed by atoms with Gasteiger partial charge in [-0.2, -0.15) is 0 Å². The molecule has 0 aliphatic rings. The van der Waals surface area contributed by atoms with E-state index in [4.69, 9.17) is 0 Å². The Kier molecular flexibility index (Phi) is 6.22. The zero-order valence-corrected chi connectivity index (χ0v) is 28.5. The van der Waals surface area contributed by atoms with Crippen LogP contribution in [0.2, 0.25) is 0 Å². The molecule has 0 unspecified atom stereocenters. The highest BCUT2D eigenvalue weighted by Gasteiger charge is 2.18. The molecule has 1 heteroatoms. The highest BCUT2D eigenvalue weighted by atomic mass is 32.1. The minimum atomic E-state index is 1.22. The topological polar surface area (TPSA) is 0 Å². The maximum atomic E-state index is 2.44. The monoisotopic (exact) mass is 662 g/mol. The summed E-state index contributed by atoms with van der Waals surface area (Å²) in [6.45, 7) is 0. The second kappa shape index (κ2) is 11.1.